The molecule has 0 aromatic carbocycles. The van der Waals surface area contributed by atoms with Crippen LogP contribution in [0.1, 0.15) is 23.3 Å². The third-order valence-corrected chi connectivity index (χ3v) is 4.07. The zero-order chi connectivity index (χ0) is 14.8. The summed E-state index contributed by atoms with van der Waals surface area (Å²) in [5.74, 6) is 0.839. The number of hydrogen-bond acceptors (Lipinski definition) is 3. The summed E-state index contributed by atoms with van der Waals surface area (Å²) in [6.07, 6.45) is 6.01. The standard InChI is InChI=1S/C15H17BrN4O/c1-19-10-11(16)8-13(19)15(21)18-12-4-5-14(17-9-12)20-6-2-3-7-20/h4-5,8-10H,2-3,6-7H2,1H3,(H,18,21). The molecular weight excluding hydrogens is 332 g/mol. The van der Waals surface area contributed by atoms with Crippen LogP contribution in [-0.4, -0.2) is 28.5 Å². The van der Waals surface area contributed by atoms with Gasteiger partial charge >= 0.3 is 0 Å². The lowest BCUT2D eigenvalue weighted by atomic mass is 10.3. The Bertz CT molecular complexity index is 644. The van der Waals surface area contributed by atoms with E-state index in [-0.39, 0.29) is 5.91 Å². The Balaban J connectivity index is 1.70. The van der Waals surface area contributed by atoms with Gasteiger partial charge in [-0.15, -0.1) is 0 Å². The molecule has 3 rings (SSSR count). The summed E-state index contributed by atoms with van der Waals surface area (Å²) in [5, 5.41) is 2.87. The van der Waals surface area contributed by atoms with Gasteiger partial charge in [0, 0.05) is 30.8 Å². The fraction of sp³-hybridized carbons (Fsp3) is 0.333. The van der Waals surface area contributed by atoms with Gasteiger partial charge in [0.2, 0.25) is 0 Å². The first kappa shape index (κ1) is 14.1. The molecule has 1 N–H and O–H groups in total. The SMILES string of the molecule is Cn1cc(Br)cc1C(=O)Nc1ccc(N2CCCC2)nc1. The zero-order valence-corrected chi connectivity index (χ0v) is 13.4. The second kappa shape index (κ2) is 5.89. The summed E-state index contributed by atoms with van der Waals surface area (Å²) in [7, 11) is 1.84. The molecule has 0 unspecified atom stereocenters. The quantitative estimate of drug-likeness (QED) is 0.927. The maximum atomic E-state index is 12.2. The number of nitrogens with zero attached hydrogens (tertiary/aromatic N) is 3. The number of nitrogens with one attached hydrogen (secondary N) is 1. The Morgan fingerprint density at radius 3 is 2.67 bits per heavy atom. The van der Waals surface area contributed by atoms with Gasteiger partial charge in [0.05, 0.1) is 11.9 Å². The number of carbonyl (C=O) groups is 1. The first-order chi connectivity index (χ1) is 10.1. The lowest BCUT2D eigenvalue weighted by Crippen LogP contribution is -2.19. The van der Waals surface area contributed by atoms with E-state index in [0.29, 0.717) is 11.4 Å². The summed E-state index contributed by atoms with van der Waals surface area (Å²) in [6.45, 7) is 2.13. The topological polar surface area (TPSA) is 50.2 Å². The van der Waals surface area contributed by atoms with E-state index < -0.39 is 0 Å². The highest BCUT2D eigenvalue weighted by atomic mass is 79.9. The molecule has 0 saturated carbocycles. The third-order valence-electron chi connectivity index (χ3n) is 3.64. The second-order valence-corrected chi connectivity index (χ2v) is 6.12. The summed E-state index contributed by atoms with van der Waals surface area (Å²) in [5.41, 5.74) is 1.31. The van der Waals surface area contributed by atoms with Crippen molar-refractivity contribution in [3.05, 3.63) is 40.8 Å². The van der Waals surface area contributed by atoms with Crippen molar-refractivity contribution < 1.29 is 4.79 Å². The first-order valence-electron chi connectivity index (χ1n) is 6.98. The van der Waals surface area contributed by atoms with E-state index in [1.54, 1.807) is 16.8 Å². The Kier molecular flexibility index (Phi) is 3.96. The van der Waals surface area contributed by atoms with Crippen LogP contribution < -0.4 is 10.2 Å². The minimum atomic E-state index is -0.140. The predicted molar refractivity (Wildman–Crippen MR) is 86.8 cm³/mol. The highest BCUT2D eigenvalue weighted by molar-refractivity contribution is 9.10. The molecule has 1 aliphatic heterocycles. The fourth-order valence-corrected chi connectivity index (χ4v) is 3.06. The molecule has 0 spiro atoms. The molecule has 1 fully saturated rings. The van der Waals surface area contributed by atoms with Gasteiger partial charge < -0.3 is 14.8 Å². The first-order valence-corrected chi connectivity index (χ1v) is 7.77. The van der Waals surface area contributed by atoms with Gasteiger partial charge in [-0.05, 0) is 47.0 Å². The minimum absolute atomic E-state index is 0.140. The maximum Gasteiger partial charge on any atom is 0.272 e. The van der Waals surface area contributed by atoms with E-state index in [4.69, 9.17) is 0 Å². The number of hydrogen-bond donors (Lipinski definition) is 1. The van der Waals surface area contributed by atoms with Crippen molar-refractivity contribution in [2.45, 2.75) is 12.8 Å². The normalized spacial score (nSPS) is 14.5. The summed E-state index contributed by atoms with van der Waals surface area (Å²) in [4.78, 5) is 18.9. The van der Waals surface area contributed by atoms with Crippen LogP contribution in [0.2, 0.25) is 0 Å². The Labute approximate surface area is 132 Å². The molecule has 0 aliphatic carbocycles. The van der Waals surface area contributed by atoms with Crippen LogP contribution in [0.4, 0.5) is 11.5 Å². The Morgan fingerprint density at radius 1 is 1.33 bits per heavy atom. The van der Waals surface area contributed by atoms with E-state index in [1.807, 2.05) is 25.4 Å². The second-order valence-electron chi connectivity index (χ2n) is 5.21. The van der Waals surface area contributed by atoms with Crippen molar-refractivity contribution in [3.8, 4) is 0 Å². The average molecular weight is 349 g/mol. The highest BCUT2D eigenvalue weighted by Crippen LogP contribution is 2.20. The van der Waals surface area contributed by atoms with Crippen LogP contribution in [0, 0.1) is 0 Å². The van der Waals surface area contributed by atoms with Crippen LogP contribution in [0.5, 0.6) is 0 Å². The molecule has 1 saturated heterocycles. The van der Waals surface area contributed by atoms with E-state index in [2.05, 4.69) is 31.1 Å². The molecular formula is C15H17BrN4O. The number of rotatable bonds is 3. The highest BCUT2D eigenvalue weighted by Gasteiger charge is 2.14. The lowest BCUT2D eigenvalue weighted by Gasteiger charge is -2.16. The van der Waals surface area contributed by atoms with E-state index in [9.17, 15) is 4.79 Å². The van der Waals surface area contributed by atoms with Crippen LogP contribution >= 0.6 is 15.9 Å². The molecule has 110 valence electrons. The summed E-state index contributed by atoms with van der Waals surface area (Å²) >= 11 is 3.37. The number of halogens is 1. The van der Waals surface area contributed by atoms with Gasteiger partial charge in [-0.1, -0.05) is 0 Å². The number of carbonyl (C=O) groups excluding carboxylic acids is 1. The predicted octanol–water partition coefficient (Wildman–Crippen LogP) is 3.04. The maximum absolute atomic E-state index is 12.2. The largest absolute Gasteiger partial charge is 0.357 e. The van der Waals surface area contributed by atoms with Crippen LogP contribution in [0.25, 0.3) is 0 Å². The smallest absolute Gasteiger partial charge is 0.272 e. The average Bonchev–Trinajstić information content (AvgIpc) is 3.09. The molecule has 6 heteroatoms. The molecule has 2 aromatic rings. The van der Waals surface area contributed by atoms with E-state index in [1.165, 1.54) is 12.8 Å². The minimum Gasteiger partial charge on any atom is -0.357 e. The van der Waals surface area contributed by atoms with Crippen LogP contribution in [0.15, 0.2) is 35.1 Å². The molecule has 0 bridgehead atoms. The molecule has 1 aliphatic rings. The molecule has 2 aromatic heterocycles. The van der Waals surface area contributed by atoms with Crippen molar-refractivity contribution in [3.63, 3.8) is 0 Å². The molecule has 0 radical (unpaired) electrons. The lowest BCUT2D eigenvalue weighted by molar-refractivity contribution is 0.101. The van der Waals surface area contributed by atoms with Gasteiger partial charge in [-0.25, -0.2) is 4.98 Å². The van der Waals surface area contributed by atoms with E-state index >= 15 is 0 Å². The molecule has 21 heavy (non-hydrogen) atoms. The fourth-order valence-electron chi connectivity index (χ4n) is 2.54. The molecule has 5 nitrogen and oxygen atoms in total. The van der Waals surface area contributed by atoms with Crippen molar-refractivity contribution in [1.29, 1.82) is 0 Å². The number of aromatic nitrogens is 2. The van der Waals surface area contributed by atoms with Crippen molar-refractivity contribution in [2.75, 3.05) is 23.3 Å². The van der Waals surface area contributed by atoms with Crippen molar-refractivity contribution in [1.82, 2.24) is 9.55 Å². The summed E-state index contributed by atoms with van der Waals surface area (Å²) < 4.78 is 2.67. The Hall–Kier alpha value is -1.82. The van der Waals surface area contributed by atoms with Gasteiger partial charge in [0.1, 0.15) is 11.5 Å². The number of amides is 1. The van der Waals surface area contributed by atoms with Crippen LogP contribution in [0.3, 0.4) is 0 Å². The Morgan fingerprint density at radius 2 is 2.10 bits per heavy atom. The van der Waals surface area contributed by atoms with E-state index in [0.717, 1.165) is 23.4 Å². The number of aryl methyl sites for hydroxylation is 1. The number of pyridine rings is 1. The van der Waals surface area contributed by atoms with Gasteiger partial charge in [-0.2, -0.15) is 0 Å². The van der Waals surface area contributed by atoms with Crippen molar-refractivity contribution >= 4 is 33.3 Å². The third kappa shape index (κ3) is 3.10. The van der Waals surface area contributed by atoms with Gasteiger partial charge in [-0.3, -0.25) is 4.79 Å². The molecule has 1 amide bonds. The number of anilines is 2. The van der Waals surface area contributed by atoms with Crippen LogP contribution in [-0.2, 0) is 7.05 Å². The monoisotopic (exact) mass is 348 g/mol. The zero-order valence-electron chi connectivity index (χ0n) is 11.8. The van der Waals surface area contributed by atoms with Gasteiger partial charge in [0.15, 0.2) is 0 Å². The molecule has 0 atom stereocenters. The van der Waals surface area contributed by atoms with Crippen molar-refractivity contribution in [2.24, 2.45) is 7.05 Å². The van der Waals surface area contributed by atoms with Gasteiger partial charge in [0.25, 0.3) is 5.91 Å². The summed E-state index contributed by atoms with van der Waals surface area (Å²) in [6, 6.07) is 5.65. The molecule has 3 heterocycles.